The number of carbonyl (C=O) groups excluding carboxylic acids is 1. The molecule has 0 saturated carbocycles. The molecule has 0 heterocycles. The number of phenolic OH excluding ortho intramolecular Hbond substituents is 1. The Labute approximate surface area is 169 Å². The van der Waals surface area contributed by atoms with Crippen molar-refractivity contribution < 1.29 is 14.6 Å². The summed E-state index contributed by atoms with van der Waals surface area (Å²) in [7, 11) is 0. The van der Waals surface area contributed by atoms with E-state index in [1.807, 2.05) is 25.1 Å². The minimum absolute atomic E-state index is 0.147. The zero-order valence-corrected chi connectivity index (χ0v) is 18.3. The number of aromatic hydroxyl groups is 1. The van der Waals surface area contributed by atoms with Crippen LogP contribution in [-0.2, 0) is 22.0 Å². The standard InChI is InChI=1S/C25H34O3/c1-17(28-23(27)19-11-9-8-10-12-19)13-14-18-15-20(24(2,3)4)22(26)21(16-18)25(5,6)7/h8-12,15-17,26H,13-14H2,1-7H3. The molecule has 1 N–H and O–H groups in total. The second-order valence-electron chi connectivity index (χ2n) is 9.66. The van der Waals surface area contributed by atoms with E-state index < -0.39 is 0 Å². The fourth-order valence-corrected chi connectivity index (χ4v) is 3.24. The molecule has 0 spiro atoms. The molecule has 0 fully saturated rings. The molecule has 3 heteroatoms. The summed E-state index contributed by atoms with van der Waals surface area (Å²) in [5.74, 6) is 0.108. The number of benzene rings is 2. The first kappa shape index (κ1) is 22.0. The molecule has 0 aliphatic heterocycles. The van der Waals surface area contributed by atoms with Crippen molar-refractivity contribution in [2.75, 3.05) is 0 Å². The molecule has 2 aromatic rings. The largest absolute Gasteiger partial charge is 0.507 e. The van der Waals surface area contributed by atoms with E-state index in [2.05, 4.69) is 53.7 Å². The predicted octanol–water partition coefficient (Wildman–Crippen LogP) is 6.17. The van der Waals surface area contributed by atoms with Gasteiger partial charge in [0.25, 0.3) is 0 Å². The molecule has 0 aliphatic rings. The van der Waals surface area contributed by atoms with E-state index in [-0.39, 0.29) is 22.9 Å². The monoisotopic (exact) mass is 382 g/mol. The molecule has 1 atom stereocenters. The van der Waals surface area contributed by atoms with Crippen LogP contribution < -0.4 is 0 Å². The number of phenols is 1. The van der Waals surface area contributed by atoms with Crippen molar-refractivity contribution in [3.63, 3.8) is 0 Å². The molecule has 1 unspecified atom stereocenters. The highest BCUT2D eigenvalue weighted by Crippen LogP contribution is 2.40. The Morgan fingerprint density at radius 2 is 1.46 bits per heavy atom. The van der Waals surface area contributed by atoms with Crippen LogP contribution in [0.2, 0.25) is 0 Å². The van der Waals surface area contributed by atoms with E-state index in [4.69, 9.17) is 4.74 Å². The average molecular weight is 383 g/mol. The normalized spacial score (nSPS) is 13.2. The van der Waals surface area contributed by atoms with Gasteiger partial charge < -0.3 is 9.84 Å². The summed E-state index contributed by atoms with van der Waals surface area (Å²) in [4.78, 5) is 12.2. The maximum atomic E-state index is 12.2. The minimum atomic E-state index is -0.287. The van der Waals surface area contributed by atoms with Gasteiger partial charge in [0, 0.05) is 0 Å². The van der Waals surface area contributed by atoms with Crippen molar-refractivity contribution >= 4 is 5.97 Å². The highest BCUT2D eigenvalue weighted by atomic mass is 16.5. The average Bonchev–Trinajstić information content (AvgIpc) is 2.59. The number of rotatable bonds is 5. The van der Waals surface area contributed by atoms with Crippen LogP contribution in [0.25, 0.3) is 0 Å². The van der Waals surface area contributed by atoms with Crippen LogP contribution in [0.5, 0.6) is 5.75 Å². The molecule has 0 aromatic heterocycles. The fraction of sp³-hybridized carbons (Fsp3) is 0.480. The smallest absolute Gasteiger partial charge is 0.338 e. The molecule has 0 aliphatic carbocycles. The first-order chi connectivity index (χ1) is 12.9. The van der Waals surface area contributed by atoms with Crippen LogP contribution in [0.3, 0.4) is 0 Å². The van der Waals surface area contributed by atoms with E-state index in [1.165, 1.54) is 0 Å². The number of carbonyl (C=O) groups is 1. The number of hydrogen-bond acceptors (Lipinski definition) is 3. The molecule has 2 aromatic carbocycles. The Kier molecular flexibility index (Phi) is 6.59. The number of ether oxygens (including phenoxy) is 1. The molecule has 0 amide bonds. The number of esters is 1. The summed E-state index contributed by atoms with van der Waals surface area (Å²) < 4.78 is 5.59. The lowest BCUT2D eigenvalue weighted by molar-refractivity contribution is 0.0325. The zero-order valence-electron chi connectivity index (χ0n) is 18.3. The van der Waals surface area contributed by atoms with Crippen molar-refractivity contribution in [2.45, 2.75) is 78.2 Å². The van der Waals surface area contributed by atoms with Crippen molar-refractivity contribution in [3.05, 3.63) is 64.7 Å². The fourth-order valence-electron chi connectivity index (χ4n) is 3.24. The van der Waals surface area contributed by atoms with Crippen LogP contribution >= 0.6 is 0 Å². The van der Waals surface area contributed by atoms with Crippen molar-refractivity contribution in [3.8, 4) is 5.75 Å². The van der Waals surface area contributed by atoms with Crippen LogP contribution in [0.15, 0.2) is 42.5 Å². The summed E-state index contributed by atoms with van der Waals surface area (Å²) in [6.07, 6.45) is 1.34. The van der Waals surface area contributed by atoms with E-state index >= 15 is 0 Å². The van der Waals surface area contributed by atoms with Crippen LogP contribution in [0.1, 0.15) is 81.9 Å². The Balaban J connectivity index is 2.16. The van der Waals surface area contributed by atoms with Gasteiger partial charge in [-0.15, -0.1) is 0 Å². The van der Waals surface area contributed by atoms with E-state index in [0.717, 1.165) is 29.5 Å². The van der Waals surface area contributed by atoms with E-state index in [0.29, 0.717) is 11.3 Å². The Morgan fingerprint density at radius 3 is 1.93 bits per heavy atom. The number of aryl methyl sites for hydroxylation is 1. The molecule has 0 saturated heterocycles. The lowest BCUT2D eigenvalue weighted by atomic mass is 9.78. The first-order valence-electron chi connectivity index (χ1n) is 10.0. The van der Waals surface area contributed by atoms with Gasteiger partial charge in [0.15, 0.2) is 0 Å². The van der Waals surface area contributed by atoms with Gasteiger partial charge >= 0.3 is 5.97 Å². The third-order valence-electron chi connectivity index (χ3n) is 4.94. The predicted molar refractivity (Wildman–Crippen MR) is 115 cm³/mol. The Bertz CT molecular complexity index is 773. The molecule has 0 bridgehead atoms. The third kappa shape index (κ3) is 5.60. The van der Waals surface area contributed by atoms with Crippen molar-refractivity contribution in [1.82, 2.24) is 0 Å². The van der Waals surface area contributed by atoms with Gasteiger partial charge in [-0.25, -0.2) is 4.79 Å². The highest BCUT2D eigenvalue weighted by Gasteiger charge is 2.26. The molecule has 28 heavy (non-hydrogen) atoms. The highest BCUT2D eigenvalue weighted by molar-refractivity contribution is 5.89. The van der Waals surface area contributed by atoms with Crippen molar-refractivity contribution in [2.24, 2.45) is 0 Å². The summed E-state index contributed by atoms with van der Waals surface area (Å²) in [5.41, 5.74) is 3.36. The van der Waals surface area contributed by atoms with Crippen molar-refractivity contribution in [1.29, 1.82) is 0 Å². The molecular formula is C25H34O3. The molecule has 2 rings (SSSR count). The van der Waals surface area contributed by atoms with E-state index in [1.54, 1.807) is 12.1 Å². The lowest BCUT2D eigenvalue weighted by Crippen LogP contribution is -2.19. The molecule has 152 valence electrons. The maximum absolute atomic E-state index is 12.2. The second kappa shape index (κ2) is 8.38. The lowest BCUT2D eigenvalue weighted by Gasteiger charge is -2.28. The van der Waals surface area contributed by atoms with Gasteiger partial charge in [-0.2, -0.15) is 0 Å². The SMILES string of the molecule is CC(CCc1cc(C(C)(C)C)c(O)c(C(C)(C)C)c1)OC(=O)c1ccccc1. The second-order valence-corrected chi connectivity index (χ2v) is 9.66. The minimum Gasteiger partial charge on any atom is -0.507 e. The Morgan fingerprint density at radius 1 is 0.964 bits per heavy atom. The Hall–Kier alpha value is -2.29. The zero-order chi connectivity index (χ0) is 21.1. The first-order valence-corrected chi connectivity index (χ1v) is 10.0. The maximum Gasteiger partial charge on any atom is 0.338 e. The van der Waals surface area contributed by atoms with Gasteiger partial charge in [0.2, 0.25) is 0 Å². The molecule has 3 nitrogen and oxygen atoms in total. The summed E-state index contributed by atoms with van der Waals surface area (Å²) >= 11 is 0. The third-order valence-corrected chi connectivity index (χ3v) is 4.94. The molecular weight excluding hydrogens is 348 g/mol. The molecule has 0 radical (unpaired) electrons. The van der Waals surface area contributed by atoms with Crippen LogP contribution in [-0.4, -0.2) is 17.2 Å². The van der Waals surface area contributed by atoms with Crippen LogP contribution in [0, 0.1) is 0 Å². The topological polar surface area (TPSA) is 46.5 Å². The van der Waals surface area contributed by atoms with Gasteiger partial charge in [-0.1, -0.05) is 71.9 Å². The van der Waals surface area contributed by atoms with E-state index in [9.17, 15) is 9.90 Å². The summed E-state index contributed by atoms with van der Waals surface area (Å²) in [6, 6.07) is 13.3. The van der Waals surface area contributed by atoms with Gasteiger partial charge in [0.1, 0.15) is 5.75 Å². The summed E-state index contributed by atoms with van der Waals surface area (Å²) in [6.45, 7) is 14.6. The van der Waals surface area contributed by atoms with Crippen LogP contribution in [0.4, 0.5) is 0 Å². The van der Waals surface area contributed by atoms with Gasteiger partial charge in [-0.05, 0) is 59.4 Å². The van der Waals surface area contributed by atoms with Gasteiger partial charge in [-0.3, -0.25) is 0 Å². The van der Waals surface area contributed by atoms with Gasteiger partial charge in [0.05, 0.1) is 11.7 Å². The number of hydrogen-bond donors (Lipinski definition) is 1. The quantitative estimate of drug-likeness (QED) is 0.629. The summed E-state index contributed by atoms with van der Waals surface area (Å²) in [5, 5.41) is 10.8.